The van der Waals surface area contributed by atoms with Crippen molar-refractivity contribution in [1.82, 2.24) is 9.80 Å². The molecule has 2 aliphatic heterocycles. The molecule has 1 aromatic carbocycles. The minimum atomic E-state index is -0.273. The summed E-state index contributed by atoms with van der Waals surface area (Å²) in [6.07, 6.45) is 2.32. The van der Waals surface area contributed by atoms with Crippen molar-refractivity contribution in [2.24, 2.45) is 0 Å². The first-order valence-electron chi connectivity index (χ1n) is 9.43. The molecule has 2 fully saturated rings. The molecule has 2 aliphatic rings. The number of hydrogen-bond donors (Lipinski definition) is 0. The number of piperazine rings is 2. The summed E-state index contributed by atoms with van der Waals surface area (Å²) < 4.78 is 0. The molecule has 2 heterocycles. The molecule has 0 aromatic heterocycles. The molecule has 0 N–H and O–H groups in total. The van der Waals surface area contributed by atoms with Crippen LogP contribution in [0.4, 0.5) is 11.4 Å². The van der Waals surface area contributed by atoms with E-state index in [1.807, 2.05) is 0 Å². The minimum absolute atomic E-state index is 0.273. The summed E-state index contributed by atoms with van der Waals surface area (Å²) in [5.74, 6) is 0. The average molecular weight is 334 g/mol. The zero-order valence-electron chi connectivity index (χ0n) is 15.1. The van der Waals surface area contributed by atoms with Crippen molar-refractivity contribution in [3.63, 3.8) is 0 Å². The summed E-state index contributed by atoms with van der Waals surface area (Å²) >= 11 is 0. The molecule has 0 bridgehead atoms. The number of hydrogen-bond acceptors (Lipinski definition) is 6. The Morgan fingerprint density at radius 2 is 0.958 bits per heavy atom. The topological polar surface area (TPSA) is 47.1 Å². The van der Waals surface area contributed by atoms with Gasteiger partial charge < -0.3 is 9.80 Å². The van der Waals surface area contributed by atoms with Crippen LogP contribution in [0, 0.1) is 0 Å². The van der Waals surface area contributed by atoms with Crippen molar-refractivity contribution < 1.29 is 0 Å². The highest BCUT2D eigenvalue weighted by Crippen LogP contribution is 2.26. The predicted octanol–water partition coefficient (Wildman–Crippen LogP) is 0.347. The van der Waals surface area contributed by atoms with E-state index in [2.05, 4.69) is 33.4 Å². The van der Waals surface area contributed by atoms with Gasteiger partial charge >= 0.3 is 0 Å². The highest BCUT2D eigenvalue weighted by molar-refractivity contribution is 5.76. The molecule has 6 heteroatoms. The maximum atomic E-state index is 12.2. The first kappa shape index (κ1) is 17.4. The molecule has 0 spiro atoms. The molecule has 3 rings (SSSR count). The van der Waals surface area contributed by atoms with Gasteiger partial charge in [-0.05, 0) is 25.9 Å². The Morgan fingerprint density at radius 3 is 1.25 bits per heavy atom. The zero-order chi connectivity index (χ0) is 17.1. The van der Waals surface area contributed by atoms with Crippen LogP contribution in [0.25, 0.3) is 0 Å². The van der Waals surface area contributed by atoms with E-state index in [0.717, 1.165) is 78.3 Å². The lowest BCUT2D eigenvalue weighted by atomic mass is 10.1. The summed E-state index contributed by atoms with van der Waals surface area (Å²) in [4.78, 5) is 33.5. The Kier molecular flexibility index (Phi) is 5.56. The molecule has 0 atom stereocenters. The Balaban J connectivity index is 1.66. The van der Waals surface area contributed by atoms with E-state index in [-0.39, 0.29) is 10.9 Å². The number of nitrogens with zero attached hydrogens (tertiary/aromatic N) is 4. The van der Waals surface area contributed by atoms with E-state index in [1.54, 1.807) is 0 Å². The standard InChI is InChI=1S/C18H30N4O2/c1-3-5-19-7-11-21(12-8-19)15-16(18(24)17(15)23)22-13-9-20(6-4-2)10-14-22/h3-14H2,1-2H3. The Labute approximate surface area is 144 Å². The van der Waals surface area contributed by atoms with Crippen LogP contribution in [0.3, 0.4) is 0 Å². The largest absolute Gasteiger partial charge is 0.364 e. The third-order valence-corrected chi connectivity index (χ3v) is 5.32. The van der Waals surface area contributed by atoms with Crippen LogP contribution in [0.1, 0.15) is 26.7 Å². The molecular formula is C18H30N4O2. The molecule has 0 aliphatic carbocycles. The van der Waals surface area contributed by atoms with Gasteiger partial charge in [0.15, 0.2) is 0 Å². The zero-order valence-corrected chi connectivity index (χ0v) is 15.1. The monoisotopic (exact) mass is 334 g/mol. The second-order valence-corrected chi connectivity index (χ2v) is 7.01. The fourth-order valence-corrected chi connectivity index (χ4v) is 3.98. The van der Waals surface area contributed by atoms with Crippen LogP contribution in [-0.4, -0.2) is 75.2 Å². The van der Waals surface area contributed by atoms with E-state index in [1.165, 1.54) is 0 Å². The van der Waals surface area contributed by atoms with Crippen LogP contribution in [0.5, 0.6) is 0 Å². The maximum absolute atomic E-state index is 12.2. The van der Waals surface area contributed by atoms with Gasteiger partial charge in [0.25, 0.3) is 10.9 Å². The van der Waals surface area contributed by atoms with Gasteiger partial charge in [0.05, 0.1) is 0 Å². The first-order valence-corrected chi connectivity index (χ1v) is 9.43. The summed E-state index contributed by atoms with van der Waals surface area (Å²) in [5.41, 5.74) is 0.843. The quantitative estimate of drug-likeness (QED) is 0.700. The van der Waals surface area contributed by atoms with Gasteiger partial charge in [-0.2, -0.15) is 0 Å². The Morgan fingerprint density at radius 1 is 0.625 bits per heavy atom. The van der Waals surface area contributed by atoms with Crippen molar-refractivity contribution in [3.8, 4) is 0 Å². The lowest BCUT2D eigenvalue weighted by Crippen LogP contribution is -2.55. The van der Waals surface area contributed by atoms with E-state index in [0.29, 0.717) is 11.4 Å². The van der Waals surface area contributed by atoms with Crippen LogP contribution < -0.4 is 20.7 Å². The maximum Gasteiger partial charge on any atom is 0.253 e. The number of rotatable bonds is 6. The Hall–Kier alpha value is -1.40. The average Bonchev–Trinajstić information content (AvgIpc) is 2.61. The SMILES string of the molecule is CCCN1CCN(c2c(N3CCN(CCC)CC3)c(=O)c2=O)CC1. The summed E-state index contributed by atoms with van der Waals surface area (Å²) in [6, 6.07) is 0. The van der Waals surface area contributed by atoms with Crippen molar-refractivity contribution in [2.45, 2.75) is 26.7 Å². The van der Waals surface area contributed by atoms with Crippen molar-refractivity contribution >= 4 is 11.4 Å². The van der Waals surface area contributed by atoms with Gasteiger partial charge in [0, 0.05) is 52.4 Å². The van der Waals surface area contributed by atoms with Gasteiger partial charge in [-0.3, -0.25) is 19.4 Å². The number of anilines is 2. The smallest absolute Gasteiger partial charge is 0.253 e. The fraction of sp³-hybridized carbons (Fsp3) is 0.778. The van der Waals surface area contributed by atoms with Gasteiger partial charge in [-0.25, -0.2) is 0 Å². The molecule has 0 amide bonds. The second kappa shape index (κ2) is 7.66. The highest BCUT2D eigenvalue weighted by Gasteiger charge is 2.32. The summed E-state index contributed by atoms with van der Waals surface area (Å²) in [5, 5.41) is 0. The van der Waals surface area contributed by atoms with Crippen molar-refractivity contribution in [2.75, 3.05) is 75.2 Å². The van der Waals surface area contributed by atoms with Crippen molar-refractivity contribution in [3.05, 3.63) is 20.4 Å². The van der Waals surface area contributed by atoms with Gasteiger partial charge in [0.2, 0.25) is 0 Å². The summed E-state index contributed by atoms with van der Waals surface area (Å²) in [6.45, 7) is 14.0. The predicted molar refractivity (Wildman–Crippen MR) is 99.2 cm³/mol. The molecule has 24 heavy (non-hydrogen) atoms. The van der Waals surface area contributed by atoms with Gasteiger partial charge in [-0.1, -0.05) is 13.8 Å². The molecule has 6 nitrogen and oxygen atoms in total. The van der Waals surface area contributed by atoms with E-state index in [4.69, 9.17) is 0 Å². The third-order valence-electron chi connectivity index (χ3n) is 5.32. The highest BCUT2D eigenvalue weighted by atomic mass is 16.2. The minimum Gasteiger partial charge on any atom is -0.364 e. The molecular weight excluding hydrogens is 304 g/mol. The molecule has 0 unspecified atom stereocenters. The normalized spacial score (nSPS) is 20.9. The first-order chi connectivity index (χ1) is 11.7. The third kappa shape index (κ3) is 3.35. The van der Waals surface area contributed by atoms with E-state index >= 15 is 0 Å². The van der Waals surface area contributed by atoms with Gasteiger partial charge in [-0.15, -0.1) is 0 Å². The van der Waals surface area contributed by atoms with Gasteiger partial charge in [0.1, 0.15) is 11.4 Å². The second-order valence-electron chi connectivity index (χ2n) is 7.01. The Bertz CT molecular complexity index is 553. The summed E-state index contributed by atoms with van der Waals surface area (Å²) in [7, 11) is 0. The van der Waals surface area contributed by atoms with Crippen LogP contribution in [0.2, 0.25) is 0 Å². The lowest BCUT2D eigenvalue weighted by molar-refractivity contribution is 0.255. The molecule has 2 saturated heterocycles. The van der Waals surface area contributed by atoms with E-state index < -0.39 is 0 Å². The molecule has 0 radical (unpaired) electrons. The molecule has 134 valence electrons. The molecule has 1 aromatic rings. The van der Waals surface area contributed by atoms with Crippen molar-refractivity contribution in [1.29, 1.82) is 0 Å². The lowest BCUT2D eigenvalue weighted by Gasteiger charge is -2.41. The van der Waals surface area contributed by atoms with E-state index in [9.17, 15) is 9.59 Å². The van der Waals surface area contributed by atoms with Crippen LogP contribution >= 0.6 is 0 Å². The fourth-order valence-electron chi connectivity index (χ4n) is 3.98. The van der Waals surface area contributed by atoms with Crippen LogP contribution in [-0.2, 0) is 0 Å². The molecule has 0 saturated carbocycles. The van der Waals surface area contributed by atoms with Crippen LogP contribution in [0.15, 0.2) is 9.59 Å².